The highest BCUT2D eigenvalue weighted by Crippen LogP contribution is 2.47. The summed E-state index contributed by atoms with van der Waals surface area (Å²) in [6.45, 7) is 6.16. The molecule has 1 saturated carbocycles. The van der Waals surface area contributed by atoms with Crippen LogP contribution in [0.3, 0.4) is 0 Å². The molecule has 1 saturated heterocycles. The van der Waals surface area contributed by atoms with Gasteiger partial charge in [0.15, 0.2) is 0 Å². The van der Waals surface area contributed by atoms with E-state index in [1.807, 2.05) is 12.1 Å². The van der Waals surface area contributed by atoms with Crippen molar-refractivity contribution in [3.63, 3.8) is 0 Å². The van der Waals surface area contributed by atoms with Gasteiger partial charge in [-0.25, -0.2) is 23.6 Å². The Balaban J connectivity index is 0.000000238. The van der Waals surface area contributed by atoms with Crippen molar-refractivity contribution in [3.8, 4) is 0 Å². The van der Waals surface area contributed by atoms with Crippen molar-refractivity contribution in [2.24, 2.45) is 11.8 Å². The fraction of sp³-hybridized carbons (Fsp3) is 0.312. The van der Waals surface area contributed by atoms with Crippen molar-refractivity contribution in [2.75, 3.05) is 13.1 Å². The van der Waals surface area contributed by atoms with Crippen molar-refractivity contribution in [1.29, 1.82) is 0 Å². The molecule has 0 aromatic heterocycles. The van der Waals surface area contributed by atoms with Gasteiger partial charge < -0.3 is 25.0 Å². The van der Waals surface area contributed by atoms with Crippen LogP contribution < -0.4 is 5.32 Å². The van der Waals surface area contributed by atoms with Gasteiger partial charge in [0.1, 0.15) is 5.82 Å². The molecule has 3 unspecified atom stereocenters. The second-order valence-corrected chi connectivity index (χ2v) is 10.6. The number of fused-ring (bicyclic) bond motifs is 1. The smallest absolute Gasteiger partial charge is 0.349 e. The van der Waals surface area contributed by atoms with E-state index in [0.717, 1.165) is 23.0 Å². The number of carbonyl (C=O) groups is 4. The van der Waals surface area contributed by atoms with Crippen LogP contribution in [0.5, 0.6) is 0 Å². The van der Waals surface area contributed by atoms with Crippen LogP contribution in [0.1, 0.15) is 49.7 Å². The minimum atomic E-state index is -2.22. The van der Waals surface area contributed by atoms with Crippen molar-refractivity contribution < 1.29 is 48.6 Å². The summed E-state index contributed by atoms with van der Waals surface area (Å²) in [7, 11) is 0. The lowest BCUT2D eigenvalue weighted by molar-refractivity contribution is -0.639. The zero-order valence-corrected chi connectivity index (χ0v) is 23.2. The largest absolute Gasteiger partial charge is 0.478 e. The molecule has 9 nitrogen and oxygen atoms in total. The van der Waals surface area contributed by atoms with Gasteiger partial charge >= 0.3 is 23.9 Å². The normalized spacial score (nSPS) is 20.0. The molecule has 1 heterocycles. The second kappa shape index (κ2) is 13.4. The molecule has 0 bridgehead atoms. The van der Waals surface area contributed by atoms with Crippen molar-refractivity contribution in [2.45, 2.75) is 38.4 Å². The van der Waals surface area contributed by atoms with Crippen molar-refractivity contribution in [3.05, 3.63) is 106 Å². The maximum atomic E-state index is 12.7. The predicted molar refractivity (Wildman–Crippen MR) is 148 cm³/mol. The van der Waals surface area contributed by atoms with Crippen LogP contribution in [0.4, 0.5) is 4.39 Å². The Morgan fingerprint density at radius 1 is 0.738 bits per heavy atom. The number of nitrogens with two attached hydrogens (primary N) is 1. The number of carboxylic acid groups (broad SMARTS) is 2. The summed E-state index contributed by atoms with van der Waals surface area (Å²) in [5.74, 6) is -3.24. The van der Waals surface area contributed by atoms with E-state index in [-0.39, 0.29) is 16.9 Å². The first-order chi connectivity index (χ1) is 20.0. The molecule has 4 N–H and O–H groups in total. The summed E-state index contributed by atoms with van der Waals surface area (Å²) in [6.07, 6.45) is -3.13. The Hall–Kier alpha value is -4.57. The molecular formula is C32H33FNO8+. The number of benzene rings is 3. The SMILES string of the molecule is Cc1ccc(C(=O)OC(C(=O)O)C(OC(=O)c2ccc(C)cc2)C(=O)O)cc1.Fc1ccc(C2C[C@@H]3C[NH2+]C[C@H]23)cc1. The number of esters is 2. The molecule has 42 heavy (non-hydrogen) atoms. The van der Waals surface area contributed by atoms with Crippen LogP contribution in [0, 0.1) is 31.5 Å². The topological polar surface area (TPSA) is 144 Å². The average molecular weight is 579 g/mol. The summed E-state index contributed by atoms with van der Waals surface area (Å²) < 4.78 is 22.4. The maximum absolute atomic E-state index is 12.7. The summed E-state index contributed by atoms with van der Waals surface area (Å²) in [4.78, 5) is 47.3. The Kier molecular flexibility index (Phi) is 9.69. The predicted octanol–water partition coefficient (Wildman–Crippen LogP) is 3.35. The summed E-state index contributed by atoms with van der Waals surface area (Å²) in [5.41, 5.74) is 3.13. The molecule has 1 aliphatic heterocycles. The molecule has 5 atom stereocenters. The van der Waals surface area contributed by atoms with Gasteiger partial charge in [-0.05, 0) is 68.1 Å². The van der Waals surface area contributed by atoms with E-state index < -0.39 is 36.1 Å². The zero-order valence-electron chi connectivity index (χ0n) is 23.2. The van der Waals surface area contributed by atoms with Gasteiger partial charge in [0, 0.05) is 11.8 Å². The highest BCUT2D eigenvalue weighted by Gasteiger charge is 2.47. The monoisotopic (exact) mass is 578 g/mol. The van der Waals surface area contributed by atoms with Crippen LogP contribution in [0.2, 0.25) is 0 Å². The molecule has 5 rings (SSSR count). The number of hydrogen-bond acceptors (Lipinski definition) is 6. The number of ether oxygens (including phenoxy) is 2. The van der Waals surface area contributed by atoms with Gasteiger partial charge in [0.2, 0.25) is 12.2 Å². The number of carbonyl (C=O) groups excluding carboxylic acids is 2. The van der Waals surface area contributed by atoms with E-state index in [1.54, 1.807) is 50.2 Å². The summed E-state index contributed by atoms with van der Waals surface area (Å²) in [6, 6.07) is 19.1. The fourth-order valence-corrected chi connectivity index (χ4v) is 5.26. The molecule has 0 amide bonds. The van der Waals surface area contributed by atoms with E-state index >= 15 is 0 Å². The number of rotatable bonds is 8. The zero-order chi connectivity index (χ0) is 30.4. The van der Waals surface area contributed by atoms with Gasteiger partial charge in [-0.2, -0.15) is 0 Å². The van der Waals surface area contributed by atoms with Gasteiger partial charge in [0.25, 0.3) is 0 Å². The third kappa shape index (κ3) is 7.38. The quantitative estimate of drug-likeness (QED) is 0.346. The third-order valence-corrected chi connectivity index (χ3v) is 7.69. The van der Waals surface area contributed by atoms with E-state index in [0.29, 0.717) is 5.92 Å². The Morgan fingerprint density at radius 3 is 1.60 bits per heavy atom. The van der Waals surface area contributed by atoms with Gasteiger partial charge in [-0.3, -0.25) is 0 Å². The fourth-order valence-electron chi connectivity index (χ4n) is 5.26. The molecule has 0 spiro atoms. The van der Waals surface area contributed by atoms with E-state index in [1.165, 1.54) is 49.3 Å². The minimum Gasteiger partial charge on any atom is -0.478 e. The van der Waals surface area contributed by atoms with Crippen molar-refractivity contribution in [1.82, 2.24) is 0 Å². The molecule has 220 valence electrons. The molecule has 3 aromatic carbocycles. The molecule has 2 aliphatic rings. The number of aryl methyl sites for hydroxylation is 2. The van der Waals surface area contributed by atoms with E-state index in [4.69, 9.17) is 9.47 Å². The molecule has 10 heteroatoms. The molecule has 3 aromatic rings. The average Bonchev–Trinajstić information content (AvgIpc) is 3.32. The first kappa shape index (κ1) is 30.4. The molecule has 0 radical (unpaired) electrons. The van der Waals surface area contributed by atoms with E-state index in [9.17, 15) is 33.8 Å². The van der Waals surface area contributed by atoms with Crippen LogP contribution in [0.15, 0.2) is 72.8 Å². The number of carboxylic acids is 2. The van der Waals surface area contributed by atoms with Crippen molar-refractivity contribution >= 4 is 23.9 Å². The second-order valence-electron chi connectivity index (χ2n) is 10.6. The summed E-state index contributed by atoms with van der Waals surface area (Å²) in [5, 5.41) is 21.1. The van der Waals surface area contributed by atoms with Gasteiger partial charge in [-0.15, -0.1) is 0 Å². The summed E-state index contributed by atoms with van der Waals surface area (Å²) >= 11 is 0. The number of aliphatic carboxylic acids is 2. The first-order valence-corrected chi connectivity index (χ1v) is 13.6. The Labute approximate surface area is 242 Å². The van der Waals surface area contributed by atoms with Crippen LogP contribution in [0.25, 0.3) is 0 Å². The molecule has 1 aliphatic carbocycles. The van der Waals surface area contributed by atoms with Gasteiger partial charge in [-0.1, -0.05) is 47.5 Å². The Bertz CT molecular complexity index is 1350. The van der Waals surface area contributed by atoms with Crippen LogP contribution >= 0.6 is 0 Å². The highest BCUT2D eigenvalue weighted by molar-refractivity contribution is 5.95. The third-order valence-electron chi connectivity index (χ3n) is 7.69. The number of quaternary nitrogens is 1. The lowest BCUT2D eigenvalue weighted by Gasteiger charge is -2.37. The van der Waals surface area contributed by atoms with E-state index in [2.05, 4.69) is 5.32 Å². The van der Waals surface area contributed by atoms with Gasteiger partial charge in [0.05, 0.1) is 24.2 Å². The maximum Gasteiger partial charge on any atom is 0.349 e. The minimum absolute atomic E-state index is 0.0332. The Morgan fingerprint density at radius 2 is 1.19 bits per heavy atom. The number of hydrogen-bond donors (Lipinski definition) is 3. The molecule has 2 fully saturated rings. The van der Waals surface area contributed by atoms with Crippen LogP contribution in [-0.4, -0.2) is 59.4 Å². The standard InChI is InChI=1S/C20H18O8.C12H14FN/c1-11-3-7-13(8-4-11)19(25)27-15(17(21)22)16(18(23)24)28-20(26)14-9-5-12(2)6-10-14;13-10-3-1-8(2-4-10)11-5-9-6-14-7-12(9)11/h3-10,15-16H,1-2H3,(H,21,22)(H,23,24);1-4,9,11-12,14H,5-7H2/p+1/t;9-,11?,12+/m.1/s1. The lowest BCUT2D eigenvalue weighted by Crippen LogP contribution is -2.81. The highest BCUT2D eigenvalue weighted by atomic mass is 19.1. The first-order valence-electron chi connectivity index (χ1n) is 13.6. The lowest BCUT2D eigenvalue weighted by atomic mass is 9.64. The van der Waals surface area contributed by atoms with Crippen LogP contribution in [-0.2, 0) is 19.1 Å². The number of halogens is 1. The molecular weight excluding hydrogens is 545 g/mol.